The number of nitrogens with zero attached hydrogens (tertiary/aromatic N) is 4. The van der Waals surface area contributed by atoms with Crippen molar-refractivity contribution in [1.82, 2.24) is 20.2 Å². The average Bonchev–Trinajstić information content (AvgIpc) is 2.70. The van der Waals surface area contributed by atoms with Gasteiger partial charge in [-0.05, 0) is 19.3 Å². The third-order valence-electron chi connectivity index (χ3n) is 5.13. The minimum absolute atomic E-state index is 0.0960. The molecule has 0 spiro atoms. The zero-order valence-electron chi connectivity index (χ0n) is 16.8. The normalized spacial score (nSPS) is 26.4. The van der Waals surface area contributed by atoms with E-state index >= 15 is 0 Å². The van der Waals surface area contributed by atoms with E-state index in [1.807, 2.05) is 6.92 Å². The van der Waals surface area contributed by atoms with Crippen molar-refractivity contribution in [2.45, 2.75) is 38.3 Å². The Balaban J connectivity index is 1.95. The molecule has 2 unspecified atom stereocenters. The molecule has 1 saturated heterocycles. The summed E-state index contributed by atoms with van der Waals surface area (Å²) in [5.74, 6) is -1.58. The number of hydrogen-bond donors (Lipinski definition) is 5. The lowest BCUT2D eigenvalue weighted by Gasteiger charge is -2.48. The molecule has 2 aliphatic heterocycles. The van der Waals surface area contributed by atoms with Crippen LogP contribution in [0.4, 0.5) is 30.6 Å². The van der Waals surface area contributed by atoms with E-state index in [0.717, 1.165) is 6.42 Å². The molecular weight excluding hydrogens is 387 g/mol. The molecule has 0 aromatic carbocycles. The molecule has 0 aliphatic carbocycles. The summed E-state index contributed by atoms with van der Waals surface area (Å²) in [5.41, 5.74) is 7.51. The maximum Gasteiger partial charge on any atom is 0.393 e. The second-order valence-electron chi connectivity index (χ2n) is 7.21. The minimum atomic E-state index is -4.26. The first-order chi connectivity index (χ1) is 13.7. The summed E-state index contributed by atoms with van der Waals surface area (Å²) in [6.45, 7) is 2.94. The van der Waals surface area contributed by atoms with Gasteiger partial charge in [-0.15, -0.1) is 0 Å². The highest BCUT2D eigenvalue weighted by molar-refractivity contribution is 6.06. The standard InChI is InChI=1S/C17H28F3N9/c1-4-7-24-15-25-11-12(13(22-2)26-15)27-17(21,28-14(11)23-3)29-8-5-6-10(9-29)16(18,19)20/h10,27H,4-9,21H2,1-3H3,(H,23,28)(H2,22,24,25,26). The molecule has 29 heavy (non-hydrogen) atoms. The van der Waals surface area contributed by atoms with E-state index in [9.17, 15) is 13.2 Å². The number of piperidine rings is 1. The van der Waals surface area contributed by atoms with Crippen LogP contribution in [0.15, 0.2) is 4.99 Å². The van der Waals surface area contributed by atoms with Crippen molar-refractivity contribution >= 4 is 23.3 Å². The molecule has 2 aliphatic rings. The Morgan fingerprint density at radius 3 is 2.72 bits per heavy atom. The maximum absolute atomic E-state index is 13.3. The molecule has 0 amide bonds. The maximum atomic E-state index is 13.3. The number of amidine groups is 1. The van der Waals surface area contributed by atoms with Crippen LogP contribution < -0.4 is 27.0 Å². The van der Waals surface area contributed by atoms with Crippen LogP contribution in [0.5, 0.6) is 0 Å². The van der Waals surface area contributed by atoms with Crippen molar-refractivity contribution in [2.75, 3.05) is 49.7 Å². The number of aromatic nitrogens is 2. The third kappa shape index (κ3) is 4.32. The topological polar surface area (TPSA) is 116 Å². The van der Waals surface area contributed by atoms with Crippen LogP contribution in [0.2, 0.25) is 0 Å². The highest BCUT2D eigenvalue weighted by atomic mass is 19.4. The lowest BCUT2D eigenvalue weighted by atomic mass is 9.97. The predicted octanol–water partition coefficient (Wildman–Crippen LogP) is 1.58. The van der Waals surface area contributed by atoms with Gasteiger partial charge in [-0.1, -0.05) is 6.92 Å². The minimum Gasteiger partial charge on any atom is -0.371 e. The number of hydrogen-bond acceptors (Lipinski definition) is 8. The summed E-state index contributed by atoms with van der Waals surface area (Å²) < 4.78 is 39.9. The molecule has 1 aromatic heterocycles. The molecule has 1 aromatic rings. The number of halogens is 3. The van der Waals surface area contributed by atoms with E-state index in [2.05, 4.69) is 36.2 Å². The van der Waals surface area contributed by atoms with Crippen LogP contribution in [0, 0.1) is 5.92 Å². The van der Waals surface area contributed by atoms with Gasteiger partial charge in [-0.3, -0.25) is 15.6 Å². The Bertz CT molecular complexity index is 767. The second kappa shape index (κ2) is 8.19. The van der Waals surface area contributed by atoms with E-state index in [-0.39, 0.29) is 13.0 Å². The Hall–Kier alpha value is -2.34. The summed E-state index contributed by atoms with van der Waals surface area (Å²) in [4.78, 5) is 14.7. The van der Waals surface area contributed by atoms with Gasteiger partial charge in [-0.2, -0.15) is 18.2 Å². The van der Waals surface area contributed by atoms with Crippen molar-refractivity contribution in [3.05, 3.63) is 5.69 Å². The lowest BCUT2D eigenvalue weighted by molar-refractivity contribution is -0.191. The molecule has 0 radical (unpaired) electrons. The van der Waals surface area contributed by atoms with Gasteiger partial charge in [0.1, 0.15) is 11.4 Å². The summed E-state index contributed by atoms with van der Waals surface area (Å²) >= 11 is 0. The van der Waals surface area contributed by atoms with E-state index in [1.165, 1.54) is 0 Å². The number of likely N-dealkylation sites (tertiary alicyclic amines) is 1. The summed E-state index contributed by atoms with van der Waals surface area (Å²) in [6.07, 6.45) is -2.86. The SMILES string of the molecule is CCCNc1nc(NC)c2c(n1)C(=NC)NC(N)(N1CCCC(C(F)(F)F)C1)N2. The van der Waals surface area contributed by atoms with Crippen LogP contribution in [0.3, 0.4) is 0 Å². The molecular formula is C17H28F3N9. The number of anilines is 3. The van der Waals surface area contributed by atoms with Gasteiger partial charge in [0.15, 0.2) is 11.7 Å². The monoisotopic (exact) mass is 415 g/mol. The third-order valence-corrected chi connectivity index (χ3v) is 5.13. The number of rotatable bonds is 5. The van der Waals surface area contributed by atoms with Gasteiger partial charge in [0.25, 0.3) is 0 Å². The van der Waals surface area contributed by atoms with Crippen molar-refractivity contribution in [2.24, 2.45) is 16.6 Å². The molecule has 0 bridgehead atoms. The van der Waals surface area contributed by atoms with E-state index in [1.54, 1.807) is 19.0 Å². The number of aliphatic imine (C=N–C) groups is 1. The zero-order valence-corrected chi connectivity index (χ0v) is 16.8. The van der Waals surface area contributed by atoms with Crippen molar-refractivity contribution in [3.8, 4) is 0 Å². The molecule has 6 N–H and O–H groups in total. The lowest BCUT2D eigenvalue weighted by Crippen LogP contribution is -2.75. The molecule has 0 saturated carbocycles. The van der Waals surface area contributed by atoms with Crippen molar-refractivity contribution < 1.29 is 13.2 Å². The first kappa shape index (κ1) is 21.4. The molecule has 3 rings (SSSR count). The Morgan fingerprint density at radius 2 is 2.10 bits per heavy atom. The highest BCUT2D eigenvalue weighted by Gasteiger charge is 2.48. The first-order valence-electron chi connectivity index (χ1n) is 9.69. The van der Waals surface area contributed by atoms with Crippen molar-refractivity contribution in [1.29, 1.82) is 0 Å². The van der Waals surface area contributed by atoms with Gasteiger partial charge < -0.3 is 21.3 Å². The summed E-state index contributed by atoms with van der Waals surface area (Å²) in [6, 6.07) is 0. The zero-order chi connectivity index (χ0) is 21.2. The van der Waals surface area contributed by atoms with Crippen LogP contribution in [-0.4, -0.2) is 66.5 Å². The Morgan fingerprint density at radius 1 is 1.34 bits per heavy atom. The quantitative estimate of drug-likeness (QED) is 0.492. The predicted molar refractivity (Wildman–Crippen MR) is 107 cm³/mol. The fourth-order valence-corrected chi connectivity index (χ4v) is 3.59. The molecule has 9 nitrogen and oxygen atoms in total. The summed E-state index contributed by atoms with van der Waals surface area (Å²) in [7, 11) is 3.28. The fraction of sp³-hybridized carbons (Fsp3) is 0.706. The fourth-order valence-electron chi connectivity index (χ4n) is 3.59. The van der Waals surface area contributed by atoms with Crippen molar-refractivity contribution in [3.63, 3.8) is 0 Å². The highest BCUT2D eigenvalue weighted by Crippen LogP contribution is 2.36. The molecule has 3 heterocycles. The number of alkyl halides is 3. The van der Waals surface area contributed by atoms with E-state index in [0.29, 0.717) is 48.5 Å². The van der Waals surface area contributed by atoms with Gasteiger partial charge in [0.05, 0.1) is 5.92 Å². The molecule has 162 valence electrons. The second-order valence-corrected chi connectivity index (χ2v) is 7.21. The average molecular weight is 415 g/mol. The summed E-state index contributed by atoms with van der Waals surface area (Å²) in [5, 5.41) is 12.3. The van der Waals surface area contributed by atoms with Gasteiger partial charge >= 0.3 is 6.18 Å². The van der Waals surface area contributed by atoms with Crippen LogP contribution in [0.25, 0.3) is 0 Å². The number of nitrogens with two attached hydrogens (primary N) is 1. The van der Waals surface area contributed by atoms with Crippen LogP contribution >= 0.6 is 0 Å². The Labute approximate surface area is 167 Å². The van der Waals surface area contributed by atoms with Gasteiger partial charge in [0.2, 0.25) is 11.9 Å². The van der Waals surface area contributed by atoms with Crippen LogP contribution in [-0.2, 0) is 0 Å². The van der Waals surface area contributed by atoms with Crippen LogP contribution in [0.1, 0.15) is 31.9 Å². The smallest absolute Gasteiger partial charge is 0.371 e. The molecule has 2 atom stereocenters. The van der Waals surface area contributed by atoms with E-state index < -0.39 is 18.0 Å². The number of fused-ring (bicyclic) bond motifs is 1. The first-order valence-corrected chi connectivity index (χ1v) is 9.69. The van der Waals surface area contributed by atoms with E-state index in [4.69, 9.17) is 5.73 Å². The molecule has 12 heteroatoms. The molecule has 1 fully saturated rings. The number of nitrogens with one attached hydrogen (secondary N) is 4. The Kier molecular flexibility index (Phi) is 6.03. The largest absolute Gasteiger partial charge is 0.393 e. The van der Waals surface area contributed by atoms with Gasteiger partial charge in [0, 0.05) is 33.7 Å². The van der Waals surface area contributed by atoms with Gasteiger partial charge in [-0.25, -0.2) is 4.98 Å².